The van der Waals surface area contributed by atoms with Gasteiger partial charge < -0.3 is 9.73 Å². The molecule has 2 saturated carbocycles. The molecule has 2 aliphatic rings. The van der Waals surface area contributed by atoms with Crippen LogP contribution in [0.4, 0.5) is 0 Å². The van der Waals surface area contributed by atoms with Crippen molar-refractivity contribution in [3.8, 4) is 11.5 Å². The van der Waals surface area contributed by atoms with E-state index in [4.69, 9.17) is 9.40 Å². The molecule has 5 rings (SSSR count). The first kappa shape index (κ1) is 17.5. The Morgan fingerprint density at radius 1 is 1.36 bits per heavy atom. The molecule has 6 nitrogen and oxygen atoms in total. The highest BCUT2D eigenvalue weighted by Crippen LogP contribution is 2.49. The van der Waals surface area contributed by atoms with E-state index >= 15 is 0 Å². The molecule has 0 aromatic carbocycles. The molecule has 146 valence electrons. The molecule has 28 heavy (non-hydrogen) atoms. The molecule has 0 unspecified atom stereocenters. The van der Waals surface area contributed by atoms with E-state index in [1.807, 2.05) is 32.2 Å². The van der Waals surface area contributed by atoms with Crippen LogP contribution in [0, 0.1) is 24.7 Å². The average molecular weight is 378 g/mol. The standard InChI is InChI=1S/C22H26N4O2/c1-12(16-10-14-6-7-15(16)9-14)23-22(27)17-11-18(19-5-4-8-28-19)24-21-20(17)13(2)25-26(21)3/h4-5,8,11-12,14-16H,6-7,9-10H2,1-3H3,(H,23,27)/t12-,14+,15+,16-/m1/s1. The molecule has 0 aliphatic heterocycles. The van der Waals surface area contributed by atoms with Crippen LogP contribution in [0.3, 0.4) is 0 Å². The highest BCUT2D eigenvalue weighted by Gasteiger charge is 2.42. The summed E-state index contributed by atoms with van der Waals surface area (Å²) in [6, 6.07) is 5.69. The lowest BCUT2D eigenvalue weighted by Gasteiger charge is -2.28. The third kappa shape index (κ3) is 2.74. The van der Waals surface area contributed by atoms with E-state index in [0.717, 1.165) is 22.9 Å². The summed E-state index contributed by atoms with van der Waals surface area (Å²) in [6.45, 7) is 4.08. The summed E-state index contributed by atoms with van der Waals surface area (Å²) in [5.41, 5.74) is 2.79. The van der Waals surface area contributed by atoms with Crippen molar-refractivity contribution in [3.05, 3.63) is 35.7 Å². The van der Waals surface area contributed by atoms with Crippen LogP contribution >= 0.6 is 0 Å². The SMILES string of the molecule is Cc1nn(C)c2nc(-c3ccco3)cc(C(=O)N[C@H](C)[C@H]3C[C@H]4CC[C@H]3C4)c12. The predicted octanol–water partition coefficient (Wildman–Crippen LogP) is 4.09. The number of hydrogen-bond donors (Lipinski definition) is 1. The number of carbonyl (C=O) groups is 1. The zero-order chi connectivity index (χ0) is 19.4. The first-order valence-corrected chi connectivity index (χ1v) is 10.2. The molecule has 3 aromatic heterocycles. The van der Waals surface area contributed by atoms with Gasteiger partial charge in [-0.15, -0.1) is 0 Å². The van der Waals surface area contributed by atoms with E-state index < -0.39 is 0 Å². The topological polar surface area (TPSA) is 73.0 Å². The van der Waals surface area contributed by atoms with Crippen molar-refractivity contribution in [2.75, 3.05) is 0 Å². The molecule has 2 fully saturated rings. The zero-order valence-corrected chi connectivity index (χ0v) is 16.6. The van der Waals surface area contributed by atoms with E-state index in [0.29, 0.717) is 28.6 Å². The van der Waals surface area contributed by atoms with Crippen LogP contribution < -0.4 is 5.32 Å². The van der Waals surface area contributed by atoms with Crippen LogP contribution in [-0.4, -0.2) is 26.7 Å². The molecule has 0 saturated heterocycles. The number of nitrogens with zero attached hydrogens (tertiary/aromatic N) is 3. The number of pyridine rings is 1. The van der Waals surface area contributed by atoms with E-state index in [1.165, 1.54) is 25.7 Å². The Hall–Kier alpha value is -2.63. The smallest absolute Gasteiger partial charge is 0.252 e. The van der Waals surface area contributed by atoms with Crippen molar-refractivity contribution in [2.45, 2.75) is 45.6 Å². The normalized spacial score (nSPS) is 24.8. The lowest BCUT2D eigenvalue weighted by molar-refractivity contribution is 0.0917. The Bertz CT molecular complexity index is 1040. The van der Waals surface area contributed by atoms with Crippen LogP contribution in [-0.2, 0) is 7.05 Å². The van der Waals surface area contributed by atoms with Gasteiger partial charge in [0.1, 0.15) is 5.69 Å². The van der Waals surface area contributed by atoms with Gasteiger partial charge in [0, 0.05) is 13.1 Å². The average Bonchev–Trinajstić information content (AvgIpc) is 3.46. The molecule has 2 aliphatic carbocycles. The maximum atomic E-state index is 13.3. The highest BCUT2D eigenvalue weighted by atomic mass is 16.3. The molecule has 6 heteroatoms. The first-order valence-electron chi connectivity index (χ1n) is 10.2. The third-order valence-corrected chi connectivity index (χ3v) is 6.78. The van der Waals surface area contributed by atoms with Gasteiger partial charge in [-0.05, 0) is 69.1 Å². The molecule has 2 bridgehead atoms. The van der Waals surface area contributed by atoms with Gasteiger partial charge in [-0.2, -0.15) is 5.10 Å². The summed E-state index contributed by atoms with van der Waals surface area (Å²) in [6.07, 6.45) is 6.90. The second kappa shape index (κ2) is 6.47. The summed E-state index contributed by atoms with van der Waals surface area (Å²) >= 11 is 0. The van der Waals surface area contributed by atoms with Crippen LogP contribution in [0.2, 0.25) is 0 Å². The predicted molar refractivity (Wildman–Crippen MR) is 107 cm³/mol. The summed E-state index contributed by atoms with van der Waals surface area (Å²) in [4.78, 5) is 18.0. The molecule has 0 spiro atoms. The summed E-state index contributed by atoms with van der Waals surface area (Å²) in [5, 5.41) is 8.59. The van der Waals surface area contributed by atoms with Crippen molar-refractivity contribution in [2.24, 2.45) is 24.8 Å². The number of fused-ring (bicyclic) bond motifs is 3. The van der Waals surface area contributed by atoms with Crippen molar-refractivity contribution >= 4 is 16.9 Å². The Kier molecular flexibility index (Phi) is 4.03. The first-order chi connectivity index (χ1) is 13.5. The number of aryl methyl sites for hydroxylation is 2. The minimum atomic E-state index is -0.0495. The number of nitrogens with one attached hydrogen (secondary N) is 1. The molecule has 3 heterocycles. The number of carbonyl (C=O) groups excluding carboxylic acids is 1. The van der Waals surface area contributed by atoms with Crippen LogP contribution in [0.15, 0.2) is 28.9 Å². The second-order valence-electron chi connectivity index (χ2n) is 8.54. The molecular formula is C22H26N4O2. The summed E-state index contributed by atoms with van der Waals surface area (Å²) in [5.74, 6) is 2.84. The second-order valence-corrected chi connectivity index (χ2v) is 8.54. The van der Waals surface area contributed by atoms with Gasteiger partial charge in [0.2, 0.25) is 0 Å². The van der Waals surface area contributed by atoms with Crippen molar-refractivity contribution < 1.29 is 9.21 Å². The van der Waals surface area contributed by atoms with Crippen LogP contribution in [0.1, 0.15) is 48.7 Å². The van der Waals surface area contributed by atoms with E-state index in [-0.39, 0.29) is 11.9 Å². The number of furan rings is 1. The minimum Gasteiger partial charge on any atom is -0.463 e. The number of amides is 1. The number of aromatic nitrogens is 3. The Morgan fingerprint density at radius 3 is 2.89 bits per heavy atom. The fourth-order valence-electron chi connectivity index (χ4n) is 5.47. The maximum Gasteiger partial charge on any atom is 0.252 e. The summed E-state index contributed by atoms with van der Waals surface area (Å²) < 4.78 is 7.25. The van der Waals surface area contributed by atoms with Gasteiger partial charge in [-0.3, -0.25) is 9.48 Å². The lowest BCUT2D eigenvalue weighted by atomic mass is 9.84. The van der Waals surface area contributed by atoms with Crippen molar-refractivity contribution in [3.63, 3.8) is 0 Å². The Balaban J connectivity index is 1.51. The van der Waals surface area contributed by atoms with Gasteiger partial charge in [0.25, 0.3) is 5.91 Å². The molecular weight excluding hydrogens is 352 g/mol. The maximum absolute atomic E-state index is 13.3. The largest absolute Gasteiger partial charge is 0.463 e. The fraction of sp³-hybridized carbons (Fsp3) is 0.500. The molecule has 1 amide bonds. The molecule has 0 radical (unpaired) electrons. The van der Waals surface area contributed by atoms with Gasteiger partial charge in [0.05, 0.1) is 22.9 Å². The molecule has 4 atom stereocenters. The third-order valence-electron chi connectivity index (χ3n) is 6.78. The number of rotatable bonds is 4. The van der Waals surface area contributed by atoms with Crippen LogP contribution in [0.25, 0.3) is 22.5 Å². The van der Waals surface area contributed by atoms with E-state index in [9.17, 15) is 4.79 Å². The Labute approximate surface area is 164 Å². The zero-order valence-electron chi connectivity index (χ0n) is 16.6. The Morgan fingerprint density at radius 2 is 2.21 bits per heavy atom. The van der Waals surface area contributed by atoms with Crippen molar-refractivity contribution in [1.29, 1.82) is 0 Å². The van der Waals surface area contributed by atoms with Gasteiger partial charge in [-0.25, -0.2) is 4.98 Å². The summed E-state index contributed by atoms with van der Waals surface area (Å²) in [7, 11) is 1.85. The minimum absolute atomic E-state index is 0.0495. The molecule has 1 N–H and O–H groups in total. The van der Waals surface area contributed by atoms with Gasteiger partial charge in [0.15, 0.2) is 11.4 Å². The number of hydrogen-bond acceptors (Lipinski definition) is 4. The highest BCUT2D eigenvalue weighted by molar-refractivity contribution is 6.07. The van der Waals surface area contributed by atoms with E-state index in [2.05, 4.69) is 17.3 Å². The van der Waals surface area contributed by atoms with E-state index in [1.54, 1.807) is 10.9 Å². The fourth-order valence-corrected chi connectivity index (χ4v) is 5.47. The van der Waals surface area contributed by atoms with Crippen LogP contribution in [0.5, 0.6) is 0 Å². The van der Waals surface area contributed by atoms with Crippen molar-refractivity contribution in [1.82, 2.24) is 20.1 Å². The quantitative estimate of drug-likeness (QED) is 0.742. The van der Waals surface area contributed by atoms with Gasteiger partial charge >= 0.3 is 0 Å². The van der Waals surface area contributed by atoms with Gasteiger partial charge in [-0.1, -0.05) is 6.42 Å². The monoisotopic (exact) mass is 378 g/mol. The molecule has 3 aromatic rings. The lowest BCUT2D eigenvalue weighted by Crippen LogP contribution is -2.40.